The van der Waals surface area contributed by atoms with E-state index in [0.29, 0.717) is 29.6 Å². The van der Waals surface area contributed by atoms with Gasteiger partial charge in [-0.05, 0) is 24.1 Å². The molecular weight excluding hydrogens is 242 g/mol. The van der Waals surface area contributed by atoms with Crippen molar-refractivity contribution in [3.8, 4) is 5.75 Å². The summed E-state index contributed by atoms with van der Waals surface area (Å²) in [6, 6.07) is 5.78. The van der Waals surface area contributed by atoms with E-state index in [1.54, 1.807) is 7.11 Å². The molecule has 0 atom stereocenters. The standard InChI is InChI=1S/C14H19N3O2/c1-9(2)14-17-16-13(19-14)7-5-10-4-6-12(18-3)11(15)8-10/h4,6,8-9H,5,7,15H2,1-3H3. The number of hydrogen-bond donors (Lipinski definition) is 1. The largest absolute Gasteiger partial charge is 0.495 e. The Bertz CT molecular complexity index is 549. The van der Waals surface area contributed by atoms with Crippen LogP contribution in [-0.2, 0) is 12.8 Å². The Hall–Kier alpha value is -2.04. The van der Waals surface area contributed by atoms with Crippen LogP contribution in [0.25, 0.3) is 0 Å². The molecule has 0 saturated heterocycles. The molecular formula is C14H19N3O2. The van der Waals surface area contributed by atoms with Crippen LogP contribution in [0.3, 0.4) is 0 Å². The summed E-state index contributed by atoms with van der Waals surface area (Å²) in [4.78, 5) is 0. The predicted molar refractivity (Wildman–Crippen MR) is 73.2 cm³/mol. The van der Waals surface area contributed by atoms with Gasteiger partial charge in [-0.3, -0.25) is 0 Å². The molecule has 0 fully saturated rings. The van der Waals surface area contributed by atoms with Crippen LogP contribution in [0.1, 0.15) is 37.1 Å². The Morgan fingerprint density at radius 1 is 1.26 bits per heavy atom. The van der Waals surface area contributed by atoms with Crippen LogP contribution in [0.2, 0.25) is 0 Å². The SMILES string of the molecule is COc1ccc(CCc2nnc(C(C)C)o2)cc1N. The van der Waals surface area contributed by atoms with E-state index < -0.39 is 0 Å². The number of hydrogen-bond acceptors (Lipinski definition) is 5. The number of anilines is 1. The lowest BCUT2D eigenvalue weighted by molar-refractivity contribution is 0.416. The minimum absolute atomic E-state index is 0.262. The van der Waals surface area contributed by atoms with Gasteiger partial charge in [0.1, 0.15) is 5.75 Å². The van der Waals surface area contributed by atoms with Crippen LogP contribution >= 0.6 is 0 Å². The first-order valence-electron chi connectivity index (χ1n) is 6.35. The number of nitrogens with zero attached hydrogens (tertiary/aromatic N) is 2. The summed E-state index contributed by atoms with van der Waals surface area (Å²) in [7, 11) is 1.61. The fraction of sp³-hybridized carbons (Fsp3) is 0.429. The maximum Gasteiger partial charge on any atom is 0.219 e. The van der Waals surface area contributed by atoms with Crippen molar-refractivity contribution in [3.63, 3.8) is 0 Å². The van der Waals surface area contributed by atoms with E-state index in [-0.39, 0.29) is 5.92 Å². The van der Waals surface area contributed by atoms with Gasteiger partial charge in [0.15, 0.2) is 0 Å². The number of aryl methyl sites for hydroxylation is 2. The highest BCUT2D eigenvalue weighted by molar-refractivity contribution is 5.54. The second-order valence-corrected chi connectivity index (χ2v) is 4.77. The molecule has 0 aliphatic heterocycles. The topological polar surface area (TPSA) is 74.2 Å². The molecule has 2 N–H and O–H groups in total. The second-order valence-electron chi connectivity index (χ2n) is 4.77. The number of aromatic nitrogens is 2. The maximum atomic E-state index is 5.87. The Kier molecular flexibility index (Phi) is 4.04. The molecule has 2 rings (SSSR count). The zero-order valence-electron chi connectivity index (χ0n) is 11.5. The van der Waals surface area contributed by atoms with Gasteiger partial charge in [0.25, 0.3) is 0 Å². The minimum Gasteiger partial charge on any atom is -0.495 e. The highest BCUT2D eigenvalue weighted by Gasteiger charge is 2.09. The van der Waals surface area contributed by atoms with Gasteiger partial charge in [-0.2, -0.15) is 0 Å². The lowest BCUT2D eigenvalue weighted by atomic mass is 10.1. The van der Waals surface area contributed by atoms with E-state index in [9.17, 15) is 0 Å². The van der Waals surface area contributed by atoms with Crippen LogP contribution in [0.15, 0.2) is 22.6 Å². The van der Waals surface area contributed by atoms with Gasteiger partial charge < -0.3 is 14.9 Å². The highest BCUT2D eigenvalue weighted by Crippen LogP contribution is 2.22. The molecule has 0 unspecified atom stereocenters. The Labute approximate surface area is 112 Å². The van der Waals surface area contributed by atoms with Crippen molar-refractivity contribution in [1.82, 2.24) is 10.2 Å². The van der Waals surface area contributed by atoms with E-state index in [4.69, 9.17) is 14.9 Å². The van der Waals surface area contributed by atoms with Gasteiger partial charge in [-0.1, -0.05) is 19.9 Å². The van der Waals surface area contributed by atoms with Gasteiger partial charge in [0, 0.05) is 12.3 Å². The van der Waals surface area contributed by atoms with E-state index >= 15 is 0 Å². The molecule has 5 heteroatoms. The van der Waals surface area contributed by atoms with Gasteiger partial charge in [0.05, 0.1) is 12.8 Å². The number of ether oxygens (including phenoxy) is 1. The lowest BCUT2D eigenvalue weighted by Gasteiger charge is -2.06. The van der Waals surface area contributed by atoms with Crippen LogP contribution in [0, 0.1) is 0 Å². The number of nitrogen functional groups attached to an aromatic ring is 1. The van der Waals surface area contributed by atoms with Gasteiger partial charge in [-0.25, -0.2) is 0 Å². The molecule has 0 saturated carbocycles. The summed E-state index contributed by atoms with van der Waals surface area (Å²) < 4.78 is 10.7. The van der Waals surface area contributed by atoms with Crippen LogP contribution < -0.4 is 10.5 Å². The van der Waals surface area contributed by atoms with Crippen molar-refractivity contribution in [2.45, 2.75) is 32.6 Å². The van der Waals surface area contributed by atoms with Gasteiger partial charge in [-0.15, -0.1) is 10.2 Å². The lowest BCUT2D eigenvalue weighted by Crippen LogP contribution is -1.96. The number of methoxy groups -OCH3 is 1. The van der Waals surface area contributed by atoms with E-state index in [1.165, 1.54) is 0 Å². The smallest absolute Gasteiger partial charge is 0.219 e. The summed E-state index contributed by atoms with van der Waals surface area (Å²) in [5, 5.41) is 8.05. The first-order chi connectivity index (χ1) is 9.10. The van der Waals surface area contributed by atoms with E-state index in [2.05, 4.69) is 10.2 Å². The highest BCUT2D eigenvalue weighted by atomic mass is 16.5. The number of nitrogens with two attached hydrogens (primary N) is 1. The molecule has 5 nitrogen and oxygen atoms in total. The molecule has 0 aliphatic carbocycles. The zero-order valence-corrected chi connectivity index (χ0v) is 11.5. The van der Waals surface area contributed by atoms with Crippen LogP contribution in [0.4, 0.5) is 5.69 Å². The average molecular weight is 261 g/mol. The van der Waals surface area contributed by atoms with Crippen molar-refractivity contribution in [3.05, 3.63) is 35.5 Å². The van der Waals surface area contributed by atoms with Crippen molar-refractivity contribution < 1.29 is 9.15 Å². The van der Waals surface area contributed by atoms with Crippen molar-refractivity contribution >= 4 is 5.69 Å². The Morgan fingerprint density at radius 3 is 2.63 bits per heavy atom. The summed E-state index contributed by atoms with van der Waals surface area (Å²) in [5.74, 6) is 2.31. The molecule has 102 valence electrons. The number of rotatable bonds is 5. The summed E-state index contributed by atoms with van der Waals surface area (Å²) in [6.45, 7) is 4.06. The maximum absolute atomic E-state index is 5.87. The Morgan fingerprint density at radius 2 is 2.05 bits per heavy atom. The van der Waals surface area contributed by atoms with Crippen LogP contribution in [0.5, 0.6) is 5.75 Å². The molecule has 0 amide bonds. The molecule has 1 heterocycles. The first kappa shape index (κ1) is 13.4. The van der Waals surface area contributed by atoms with Crippen LogP contribution in [-0.4, -0.2) is 17.3 Å². The number of benzene rings is 1. The second kappa shape index (κ2) is 5.73. The van der Waals surface area contributed by atoms with Gasteiger partial charge >= 0.3 is 0 Å². The third-order valence-corrected chi connectivity index (χ3v) is 2.90. The molecule has 0 radical (unpaired) electrons. The molecule has 0 bridgehead atoms. The van der Waals surface area contributed by atoms with Crippen molar-refractivity contribution in [1.29, 1.82) is 0 Å². The molecule has 0 spiro atoms. The third kappa shape index (κ3) is 3.24. The fourth-order valence-electron chi connectivity index (χ4n) is 1.79. The summed E-state index contributed by atoms with van der Waals surface area (Å²) in [6.07, 6.45) is 1.53. The monoisotopic (exact) mass is 261 g/mol. The molecule has 1 aromatic heterocycles. The first-order valence-corrected chi connectivity index (χ1v) is 6.35. The summed E-state index contributed by atoms with van der Waals surface area (Å²) >= 11 is 0. The molecule has 2 aromatic rings. The predicted octanol–water partition coefficient (Wildman–Crippen LogP) is 2.57. The molecule has 1 aromatic carbocycles. The quantitative estimate of drug-likeness (QED) is 0.837. The zero-order chi connectivity index (χ0) is 13.8. The fourth-order valence-corrected chi connectivity index (χ4v) is 1.79. The third-order valence-electron chi connectivity index (χ3n) is 2.90. The normalized spacial score (nSPS) is 10.9. The van der Waals surface area contributed by atoms with Crippen molar-refractivity contribution in [2.24, 2.45) is 0 Å². The van der Waals surface area contributed by atoms with E-state index in [1.807, 2.05) is 32.0 Å². The summed E-state index contributed by atoms with van der Waals surface area (Å²) in [5.41, 5.74) is 7.64. The van der Waals surface area contributed by atoms with Gasteiger partial charge in [0.2, 0.25) is 11.8 Å². The Balaban J connectivity index is 1.99. The van der Waals surface area contributed by atoms with E-state index in [0.717, 1.165) is 12.0 Å². The van der Waals surface area contributed by atoms with Crippen molar-refractivity contribution in [2.75, 3.05) is 12.8 Å². The molecule has 0 aliphatic rings. The average Bonchev–Trinajstić information content (AvgIpc) is 2.85. The molecule has 19 heavy (non-hydrogen) atoms. The minimum atomic E-state index is 0.262.